The van der Waals surface area contributed by atoms with E-state index in [-0.39, 0.29) is 11.4 Å². The lowest BCUT2D eigenvalue weighted by molar-refractivity contribution is -0.306. The van der Waals surface area contributed by atoms with Crippen LogP contribution in [0.25, 0.3) is 0 Å². The second-order valence-electron chi connectivity index (χ2n) is 4.69. The highest BCUT2D eigenvalue weighted by Crippen LogP contribution is 2.30. The molecule has 0 spiro atoms. The third-order valence-electron chi connectivity index (χ3n) is 2.83. The quantitative estimate of drug-likeness (QED) is 0.553. The molecule has 1 atom stereocenters. The second-order valence-corrected chi connectivity index (χ2v) is 7.77. The topological polar surface area (TPSA) is 105 Å². The largest absolute Gasteiger partial charge is 0.547 e. The number of rotatable bonds is 5. The minimum absolute atomic E-state index is 0.0186. The molecule has 0 saturated carbocycles. The van der Waals surface area contributed by atoms with Crippen molar-refractivity contribution in [1.29, 1.82) is 0 Å². The third-order valence-corrected chi connectivity index (χ3v) is 6.03. The SMILES string of the molecule is CN(C)N=Nc1ccc(S(=O)(=O)N2CCS[C@H]2C(=O)[O-])cc1. The van der Waals surface area contributed by atoms with Crippen LogP contribution >= 0.6 is 11.8 Å². The van der Waals surface area contributed by atoms with E-state index < -0.39 is 21.4 Å². The fraction of sp³-hybridized carbons (Fsp3) is 0.417. The first-order valence-corrected chi connectivity index (χ1v) is 8.84. The Labute approximate surface area is 132 Å². The summed E-state index contributed by atoms with van der Waals surface area (Å²) >= 11 is 1.04. The van der Waals surface area contributed by atoms with Crippen molar-refractivity contribution < 1.29 is 18.3 Å². The maximum Gasteiger partial charge on any atom is 0.244 e. The van der Waals surface area contributed by atoms with Gasteiger partial charge in [0.1, 0.15) is 5.37 Å². The molecule has 0 amide bonds. The molecule has 10 heteroatoms. The van der Waals surface area contributed by atoms with Crippen molar-refractivity contribution in [3.05, 3.63) is 24.3 Å². The summed E-state index contributed by atoms with van der Waals surface area (Å²) in [5.74, 6) is -0.977. The van der Waals surface area contributed by atoms with Crippen LogP contribution in [0.1, 0.15) is 0 Å². The number of hydrogen-bond donors (Lipinski definition) is 0. The Morgan fingerprint density at radius 3 is 2.55 bits per heavy atom. The number of carboxylic acids is 1. The maximum atomic E-state index is 12.5. The van der Waals surface area contributed by atoms with Gasteiger partial charge in [0.15, 0.2) is 0 Å². The number of carbonyl (C=O) groups is 1. The molecular formula is C12H15N4O4S2-. The van der Waals surface area contributed by atoms with E-state index in [0.717, 1.165) is 16.1 Å². The van der Waals surface area contributed by atoms with Crippen LogP contribution in [0.4, 0.5) is 5.69 Å². The zero-order valence-electron chi connectivity index (χ0n) is 12.0. The Morgan fingerprint density at radius 1 is 1.36 bits per heavy atom. The van der Waals surface area contributed by atoms with E-state index in [1.807, 2.05) is 0 Å². The van der Waals surface area contributed by atoms with E-state index in [9.17, 15) is 18.3 Å². The van der Waals surface area contributed by atoms with Gasteiger partial charge in [-0.15, -0.1) is 16.9 Å². The van der Waals surface area contributed by atoms with Gasteiger partial charge in [0.2, 0.25) is 10.0 Å². The van der Waals surface area contributed by atoms with Gasteiger partial charge >= 0.3 is 0 Å². The van der Waals surface area contributed by atoms with Crippen LogP contribution in [0.3, 0.4) is 0 Å². The average Bonchev–Trinajstić information content (AvgIpc) is 2.96. The molecule has 0 aliphatic carbocycles. The lowest BCUT2D eigenvalue weighted by Crippen LogP contribution is -2.45. The van der Waals surface area contributed by atoms with Crippen molar-refractivity contribution in [2.45, 2.75) is 10.3 Å². The highest BCUT2D eigenvalue weighted by molar-refractivity contribution is 8.02. The normalized spacial score (nSPS) is 19.6. The van der Waals surface area contributed by atoms with Crippen LogP contribution in [0.5, 0.6) is 0 Å². The lowest BCUT2D eigenvalue weighted by atomic mass is 10.3. The molecule has 2 rings (SSSR count). The molecule has 22 heavy (non-hydrogen) atoms. The first kappa shape index (κ1) is 16.7. The summed E-state index contributed by atoms with van der Waals surface area (Å²) in [5, 5.41) is 19.1. The molecular weight excluding hydrogens is 328 g/mol. The van der Waals surface area contributed by atoms with Crippen molar-refractivity contribution in [2.24, 2.45) is 10.3 Å². The fourth-order valence-corrected chi connectivity index (χ4v) is 4.84. The van der Waals surface area contributed by atoms with E-state index >= 15 is 0 Å². The summed E-state index contributed by atoms with van der Waals surface area (Å²) in [6, 6.07) is 5.79. The number of carboxylic acid groups (broad SMARTS) is 1. The second kappa shape index (κ2) is 6.63. The highest BCUT2D eigenvalue weighted by atomic mass is 32.2. The van der Waals surface area contributed by atoms with Crippen molar-refractivity contribution in [2.75, 3.05) is 26.4 Å². The fourth-order valence-electron chi connectivity index (χ4n) is 1.85. The van der Waals surface area contributed by atoms with E-state index in [4.69, 9.17) is 0 Å². The highest BCUT2D eigenvalue weighted by Gasteiger charge is 2.36. The van der Waals surface area contributed by atoms with Gasteiger partial charge in [0, 0.05) is 26.4 Å². The van der Waals surface area contributed by atoms with Gasteiger partial charge in [-0.3, -0.25) is 5.01 Å². The Balaban J connectivity index is 2.25. The van der Waals surface area contributed by atoms with Gasteiger partial charge in [-0.2, -0.15) is 4.31 Å². The van der Waals surface area contributed by atoms with Gasteiger partial charge in [-0.1, -0.05) is 5.22 Å². The third kappa shape index (κ3) is 3.57. The van der Waals surface area contributed by atoms with Crippen LogP contribution in [0.15, 0.2) is 39.5 Å². The zero-order valence-corrected chi connectivity index (χ0v) is 13.7. The van der Waals surface area contributed by atoms with E-state index in [0.29, 0.717) is 11.4 Å². The lowest BCUT2D eigenvalue weighted by Gasteiger charge is -2.23. The number of benzene rings is 1. The number of sulfonamides is 1. The summed E-state index contributed by atoms with van der Waals surface area (Å²) in [7, 11) is -0.441. The van der Waals surface area contributed by atoms with Crippen LogP contribution in [0, 0.1) is 0 Å². The van der Waals surface area contributed by atoms with Gasteiger partial charge in [0.25, 0.3) is 0 Å². The molecule has 1 aromatic rings. The molecule has 120 valence electrons. The smallest absolute Gasteiger partial charge is 0.244 e. The predicted octanol–water partition coefficient (Wildman–Crippen LogP) is 0.0604. The molecule has 1 aromatic carbocycles. The maximum absolute atomic E-state index is 12.5. The minimum Gasteiger partial charge on any atom is -0.547 e. The average molecular weight is 343 g/mol. The first-order chi connectivity index (χ1) is 10.3. The van der Waals surface area contributed by atoms with Crippen LogP contribution in [-0.2, 0) is 14.8 Å². The van der Waals surface area contributed by atoms with Gasteiger partial charge in [0.05, 0.1) is 16.6 Å². The van der Waals surface area contributed by atoms with Crippen LogP contribution < -0.4 is 5.11 Å². The van der Waals surface area contributed by atoms with E-state index in [1.54, 1.807) is 14.1 Å². The number of aliphatic carboxylic acids is 1. The van der Waals surface area contributed by atoms with E-state index in [2.05, 4.69) is 10.3 Å². The number of thioether (sulfide) groups is 1. The molecule has 0 bridgehead atoms. The molecule has 0 N–H and O–H groups in total. The summed E-state index contributed by atoms with van der Waals surface area (Å²) in [5.41, 5.74) is 0.500. The van der Waals surface area contributed by atoms with Crippen molar-refractivity contribution in [3.8, 4) is 0 Å². The molecule has 0 unspecified atom stereocenters. The van der Waals surface area contributed by atoms with Crippen molar-refractivity contribution in [3.63, 3.8) is 0 Å². The summed E-state index contributed by atoms with van der Waals surface area (Å²) in [6.07, 6.45) is 0. The standard InChI is InChI=1S/C12H16N4O4S2/c1-15(2)14-13-9-3-5-10(6-4-9)22(19,20)16-7-8-21-11(16)12(17)18/h3-6,11H,7-8H2,1-2H3,(H,17,18)/p-1/t11-/m0/s1. The minimum atomic E-state index is -3.87. The molecule has 0 radical (unpaired) electrons. The first-order valence-electron chi connectivity index (χ1n) is 6.36. The summed E-state index contributed by atoms with van der Waals surface area (Å²) in [6.45, 7) is 0.147. The van der Waals surface area contributed by atoms with Gasteiger partial charge in [-0.05, 0) is 24.3 Å². The molecule has 1 saturated heterocycles. The Kier molecular flexibility index (Phi) is 5.04. The molecule has 1 aliphatic heterocycles. The molecule has 8 nitrogen and oxygen atoms in total. The Hall–Kier alpha value is -1.65. The number of nitrogens with zero attached hydrogens (tertiary/aromatic N) is 4. The summed E-state index contributed by atoms with van der Waals surface area (Å²) < 4.78 is 25.9. The van der Waals surface area contributed by atoms with Gasteiger partial charge < -0.3 is 9.90 Å². The van der Waals surface area contributed by atoms with Crippen molar-refractivity contribution >= 4 is 33.4 Å². The monoisotopic (exact) mass is 343 g/mol. The van der Waals surface area contributed by atoms with Crippen molar-refractivity contribution in [1.82, 2.24) is 9.31 Å². The number of carbonyl (C=O) groups excluding carboxylic acids is 1. The molecule has 1 fully saturated rings. The van der Waals surface area contributed by atoms with Crippen LogP contribution in [0.2, 0.25) is 0 Å². The van der Waals surface area contributed by atoms with E-state index in [1.165, 1.54) is 29.3 Å². The molecule has 1 heterocycles. The van der Waals surface area contributed by atoms with Gasteiger partial charge in [-0.25, -0.2) is 8.42 Å². The summed E-state index contributed by atoms with van der Waals surface area (Å²) in [4.78, 5) is 11.0. The Bertz CT molecular complexity index is 673. The predicted molar refractivity (Wildman–Crippen MR) is 79.8 cm³/mol. The number of hydrogen-bond acceptors (Lipinski definition) is 7. The molecule has 1 aliphatic rings. The van der Waals surface area contributed by atoms with Crippen LogP contribution in [-0.4, -0.2) is 55.5 Å². The Morgan fingerprint density at radius 2 is 2.00 bits per heavy atom. The molecule has 0 aromatic heterocycles. The zero-order chi connectivity index (χ0) is 16.3.